The minimum absolute atomic E-state index is 0.0653. The van der Waals surface area contributed by atoms with Crippen molar-refractivity contribution in [3.63, 3.8) is 0 Å². The molecule has 0 atom stereocenters. The van der Waals surface area contributed by atoms with Gasteiger partial charge in [0.2, 0.25) is 21.8 Å². The number of hydrogen-bond donors (Lipinski definition) is 2. The Bertz CT molecular complexity index is 1280. The summed E-state index contributed by atoms with van der Waals surface area (Å²) in [7, 11) is -7.85. The third-order valence-corrected chi connectivity index (χ3v) is 8.26. The number of rotatable bonds is 5. The van der Waals surface area contributed by atoms with E-state index in [1.165, 1.54) is 44.2 Å². The van der Waals surface area contributed by atoms with E-state index in [2.05, 4.69) is 10.0 Å². The molecule has 1 heterocycles. The first-order valence-electron chi connectivity index (χ1n) is 9.31. The minimum Gasteiger partial charge on any atom is -0.326 e. The molecule has 11 heteroatoms. The largest absolute Gasteiger partial charge is 0.326 e. The van der Waals surface area contributed by atoms with E-state index in [1.54, 1.807) is 26.0 Å². The van der Waals surface area contributed by atoms with Gasteiger partial charge < -0.3 is 5.32 Å². The molecule has 1 aliphatic rings. The Balaban J connectivity index is 1.93. The maximum absolute atomic E-state index is 12.9. The summed E-state index contributed by atoms with van der Waals surface area (Å²) < 4.78 is 53.9. The molecule has 9 nitrogen and oxygen atoms in total. The van der Waals surface area contributed by atoms with Crippen molar-refractivity contribution in [3.05, 3.63) is 48.0 Å². The van der Waals surface area contributed by atoms with Crippen molar-refractivity contribution in [2.24, 2.45) is 5.41 Å². The van der Waals surface area contributed by atoms with Crippen LogP contribution in [0.15, 0.2) is 47.4 Å². The first-order chi connectivity index (χ1) is 14.2. The number of nitrogens with zero attached hydrogens (tertiary/aromatic N) is 1. The van der Waals surface area contributed by atoms with Crippen molar-refractivity contribution in [1.29, 1.82) is 0 Å². The molecule has 0 aliphatic carbocycles. The molecule has 0 aromatic heterocycles. The van der Waals surface area contributed by atoms with Gasteiger partial charge in [0.15, 0.2) is 0 Å². The van der Waals surface area contributed by atoms with Crippen molar-refractivity contribution in [1.82, 2.24) is 0 Å². The van der Waals surface area contributed by atoms with Gasteiger partial charge >= 0.3 is 0 Å². The van der Waals surface area contributed by atoms with E-state index in [0.717, 1.165) is 4.31 Å². The van der Waals surface area contributed by atoms with Crippen molar-refractivity contribution in [2.75, 3.05) is 20.1 Å². The van der Waals surface area contributed by atoms with Crippen molar-refractivity contribution >= 4 is 48.9 Å². The van der Waals surface area contributed by atoms with E-state index in [4.69, 9.17) is 0 Å². The minimum atomic E-state index is -4.01. The maximum atomic E-state index is 12.9. The maximum Gasteiger partial charge on any atom is 0.262 e. The van der Waals surface area contributed by atoms with Crippen molar-refractivity contribution in [3.8, 4) is 0 Å². The Morgan fingerprint density at radius 1 is 1.10 bits per heavy atom. The third kappa shape index (κ3) is 4.57. The van der Waals surface area contributed by atoms with Gasteiger partial charge in [0.05, 0.1) is 27.4 Å². The van der Waals surface area contributed by atoms with Crippen LogP contribution < -0.4 is 14.3 Å². The number of anilines is 3. The van der Waals surface area contributed by atoms with Crippen LogP contribution in [0.3, 0.4) is 0 Å². The van der Waals surface area contributed by atoms with Gasteiger partial charge in [0.1, 0.15) is 0 Å². The Hall–Kier alpha value is -2.92. The SMILES string of the molecule is CC(=O)Nc1cccc(NS(=O)(=O)c2ccc(N3C(=O)C(C)(C)CS3(=O)=O)cc2C)c1. The van der Waals surface area contributed by atoms with Gasteiger partial charge in [0.25, 0.3) is 10.0 Å². The van der Waals surface area contributed by atoms with Gasteiger partial charge in [-0.25, -0.2) is 21.1 Å². The predicted octanol–water partition coefficient (Wildman–Crippen LogP) is 2.46. The van der Waals surface area contributed by atoms with Crippen LogP contribution in [0, 0.1) is 12.3 Å². The quantitative estimate of drug-likeness (QED) is 0.698. The predicted molar refractivity (Wildman–Crippen MR) is 118 cm³/mol. The average Bonchev–Trinajstić information content (AvgIpc) is 2.76. The fourth-order valence-corrected chi connectivity index (χ4v) is 6.77. The fourth-order valence-electron chi connectivity index (χ4n) is 3.40. The molecule has 31 heavy (non-hydrogen) atoms. The molecular formula is C20H23N3O6S2. The Morgan fingerprint density at radius 3 is 2.29 bits per heavy atom. The van der Waals surface area contributed by atoms with E-state index in [1.807, 2.05) is 0 Å². The lowest BCUT2D eigenvalue weighted by atomic mass is 9.95. The van der Waals surface area contributed by atoms with Crippen LogP contribution in [-0.2, 0) is 29.6 Å². The van der Waals surface area contributed by atoms with Gasteiger partial charge in [-0.05, 0) is 62.7 Å². The summed E-state index contributed by atoms with van der Waals surface area (Å²) in [6, 6.07) is 10.1. The van der Waals surface area contributed by atoms with Gasteiger partial charge in [-0.15, -0.1) is 0 Å². The standard InChI is InChI=1S/C20H23N3O6S2/c1-13-10-17(23-19(25)20(3,4)12-30(23,26)27)8-9-18(13)31(28,29)22-16-7-5-6-15(11-16)21-14(2)24/h5-11,22H,12H2,1-4H3,(H,21,24). The molecule has 2 aromatic carbocycles. The van der Waals surface area contributed by atoms with Crippen LogP contribution >= 0.6 is 0 Å². The summed E-state index contributed by atoms with van der Waals surface area (Å²) >= 11 is 0. The molecule has 0 saturated carbocycles. The average molecular weight is 466 g/mol. The number of sulfonamides is 2. The molecule has 166 valence electrons. The molecule has 1 fully saturated rings. The Morgan fingerprint density at radius 2 is 1.74 bits per heavy atom. The van der Waals surface area contributed by atoms with Gasteiger partial charge in [0, 0.05) is 12.6 Å². The highest BCUT2D eigenvalue weighted by Crippen LogP contribution is 2.36. The summed E-state index contributed by atoms with van der Waals surface area (Å²) in [5, 5.41) is 2.57. The first-order valence-corrected chi connectivity index (χ1v) is 12.4. The summed E-state index contributed by atoms with van der Waals surface area (Å²) in [5.74, 6) is -1.17. The number of amides is 2. The van der Waals surface area contributed by atoms with Gasteiger partial charge in [-0.3, -0.25) is 14.3 Å². The zero-order valence-corrected chi connectivity index (χ0v) is 19.1. The summed E-state index contributed by atoms with van der Waals surface area (Å²) in [6.45, 7) is 5.97. The van der Waals surface area contributed by atoms with E-state index >= 15 is 0 Å². The molecule has 0 bridgehead atoms. The highest BCUT2D eigenvalue weighted by Gasteiger charge is 2.50. The lowest BCUT2D eigenvalue weighted by Gasteiger charge is -2.19. The van der Waals surface area contributed by atoms with Crippen LogP contribution in [0.2, 0.25) is 0 Å². The summed E-state index contributed by atoms with van der Waals surface area (Å²) in [5.41, 5.74) is -0.0119. The summed E-state index contributed by atoms with van der Waals surface area (Å²) in [4.78, 5) is 23.7. The number of carbonyl (C=O) groups excluding carboxylic acids is 2. The van der Waals surface area contributed by atoms with Crippen LogP contribution in [0.1, 0.15) is 26.3 Å². The molecule has 0 spiro atoms. The van der Waals surface area contributed by atoms with Gasteiger partial charge in [-0.2, -0.15) is 0 Å². The van der Waals surface area contributed by atoms with Crippen LogP contribution in [0.25, 0.3) is 0 Å². The van der Waals surface area contributed by atoms with Gasteiger partial charge in [-0.1, -0.05) is 6.07 Å². The van der Waals surface area contributed by atoms with Crippen LogP contribution in [0.5, 0.6) is 0 Å². The molecular weight excluding hydrogens is 442 g/mol. The molecule has 3 rings (SSSR count). The van der Waals surface area contributed by atoms with Crippen LogP contribution in [-0.4, -0.2) is 34.4 Å². The monoisotopic (exact) mass is 465 g/mol. The second-order valence-electron chi connectivity index (χ2n) is 8.03. The zero-order chi connectivity index (χ0) is 23.2. The summed E-state index contributed by atoms with van der Waals surface area (Å²) in [6.07, 6.45) is 0. The Labute approximate surface area is 181 Å². The number of nitrogens with one attached hydrogen (secondary N) is 2. The molecule has 0 radical (unpaired) electrons. The number of benzene rings is 2. The van der Waals surface area contributed by atoms with E-state index in [-0.39, 0.29) is 33.5 Å². The van der Waals surface area contributed by atoms with E-state index in [9.17, 15) is 26.4 Å². The lowest BCUT2D eigenvalue weighted by Crippen LogP contribution is -2.33. The molecule has 1 aliphatic heterocycles. The number of aryl methyl sites for hydroxylation is 1. The third-order valence-electron chi connectivity index (χ3n) is 4.70. The lowest BCUT2D eigenvalue weighted by molar-refractivity contribution is -0.123. The normalized spacial score (nSPS) is 17.4. The number of carbonyl (C=O) groups is 2. The topological polar surface area (TPSA) is 130 Å². The molecule has 2 aromatic rings. The van der Waals surface area contributed by atoms with E-state index in [0.29, 0.717) is 5.69 Å². The van der Waals surface area contributed by atoms with Crippen LogP contribution in [0.4, 0.5) is 17.1 Å². The second-order valence-corrected chi connectivity index (χ2v) is 11.5. The second kappa shape index (κ2) is 7.65. The Kier molecular flexibility index (Phi) is 5.61. The van der Waals surface area contributed by atoms with E-state index < -0.39 is 31.4 Å². The molecule has 2 N–H and O–H groups in total. The fraction of sp³-hybridized carbons (Fsp3) is 0.300. The van der Waals surface area contributed by atoms with Crippen molar-refractivity contribution < 1.29 is 26.4 Å². The van der Waals surface area contributed by atoms with Crippen molar-refractivity contribution in [2.45, 2.75) is 32.6 Å². The molecule has 1 saturated heterocycles. The number of hydrogen-bond acceptors (Lipinski definition) is 6. The molecule has 0 unspecified atom stereocenters. The smallest absolute Gasteiger partial charge is 0.262 e. The molecule has 2 amide bonds. The highest BCUT2D eigenvalue weighted by molar-refractivity contribution is 7.94. The highest BCUT2D eigenvalue weighted by atomic mass is 32.2. The first kappa shape index (κ1) is 22.8. The zero-order valence-electron chi connectivity index (χ0n) is 17.5.